The molecule has 0 saturated carbocycles. The van der Waals surface area contributed by atoms with Crippen LogP contribution in [0.4, 0.5) is 0 Å². The summed E-state index contributed by atoms with van der Waals surface area (Å²) in [6, 6.07) is 5.05. The number of halogens is 1. The normalized spacial score (nSPS) is 11.1. The number of carbonyl (C=O) groups is 1. The lowest BCUT2D eigenvalue weighted by Gasteiger charge is -1.95. The van der Waals surface area contributed by atoms with E-state index < -0.39 is 5.91 Å². The van der Waals surface area contributed by atoms with Crippen molar-refractivity contribution in [1.29, 1.82) is 5.26 Å². The number of furan rings is 1. The zero-order valence-electron chi connectivity index (χ0n) is 9.91. The van der Waals surface area contributed by atoms with Crippen molar-refractivity contribution in [2.24, 2.45) is 5.73 Å². The zero-order chi connectivity index (χ0) is 14.5. The van der Waals surface area contributed by atoms with E-state index >= 15 is 0 Å². The lowest BCUT2D eigenvalue weighted by molar-refractivity contribution is -0.114. The minimum absolute atomic E-state index is 0.182. The first-order valence-electron chi connectivity index (χ1n) is 5.26. The van der Waals surface area contributed by atoms with Gasteiger partial charge in [-0.1, -0.05) is 0 Å². The van der Waals surface area contributed by atoms with Crippen LogP contribution >= 0.6 is 27.7 Å². The van der Waals surface area contributed by atoms with Gasteiger partial charge in [-0.15, -0.1) is 0 Å². The summed E-state index contributed by atoms with van der Waals surface area (Å²) in [5.74, 6) is -0.466. The largest absolute Gasteiger partial charge is 0.449 e. The van der Waals surface area contributed by atoms with Crippen LogP contribution in [0.5, 0.6) is 0 Å². The van der Waals surface area contributed by atoms with E-state index in [1.165, 1.54) is 17.8 Å². The first-order valence-corrected chi connectivity index (χ1v) is 6.87. The average Bonchev–Trinajstić information content (AvgIpc) is 2.77. The Kier molecular flexibility index (Phi) is 4.55. The summed E-state index contributed by atoms with van der Waals surface area (Å²) < 4.78 is 6.17. The quantitative estimate of drug-likeness (QED) is 0.515. The SMILES string of the molecule is N#C/C(=C\c1cc(Br)c(Sc2ncccn2)o1)C(N)=O. The monoisotopic (exact) mass is 350 g/mol. The van der Waals surface area contributed by atoms with Gasteiger partial charge in [0.2, 0.25) is 0 Å². The van der Waals surface area contributed by atoms with Gasteiger partial charge in [-0.05, 0) is 39.8 Å². The van der Waals surface area contributed by atoms with E-state index in [1.807, 2.05) is 0 Å². The summed E-state index contributed by atoms with van der Waals surface area (Å²) in [4.78, 5) is 19.1. The molecule has 0 bridgehead atoms. The Hall–Kier alpha value is -2.11. The van der Waals surface area contributed by atoms with Gasteiger partial charge in [-0.3, -0.25) is 4.79 Å². The molecule has 1 amide bonds. The maximum Gasteiger partial charge on any atom is 0.259 e. The summed E-state index contributed by atoms with van der Waals surface area (Å²) in [5, 5.41) is 9.81. The van der Waals surface area contributed by atoms with E-state index in [2.05, 4.69) is 25.9 Å². The van der Waals surface area contributed by atoms with Gasteiger partial charge in [-0.2, -0.15) is 5.26 Å². The molecule has 6 nitrogen and oxygen atoms in total. The molecule has 2 heterocycles. The van der Waals surface area contributed by atoms with Gasteiger partial charge in [0.15, 0.2) is 10.2 Å². The lowest BCUT2D eigenvalue weighted by atomic mass is 10.2. The molecule has 2 aromatic heterocycles. The molecule has 0 aliphatic rings. The predicted molar refractivity (Wildman–Crippen MR) is 75.3 cm³/mol. The lowest BCUT2D eigenvalue weighted by Crippen LogP contribution is -2.12. The third-order valence-electron chi connectivity index (χ3n) is 2.07. The minimum Gasteiger partial charge on any atom is -0.449 e. The molecular formula is C12H7BrN4O2S. The molecule has 0 saturated heterocycles. The molecule has 100 valence electrons. The molecule has 0 spiro atoms. The van der Waals surface area contributed by atoms with Gasteiger partial charge in [0.25, 0.3) is 5.91 Å². The molecule has 0 unspecified atom stereocenters. The number of nitrogens with zero attached hydrogens (tertiary/aromatic N) is 3. The molecule has 2 N–H and O–H groups in total. The third-order valence-corrected chi connectivity index (χ3v) is 3.81. The van der Waals surface area contributed by atoms with Crippen molar-refractivity contribution in [3.05, 3.63) is 40.3 Å². The van der Waals surface area contributed by atoms with Crippen LogP contribution in [0.3, 0.4) is 0 Å². The fourth-order valence-corrected chi connectivity index (χ4v) is 2.47. The number of rotatable bonds is 4. The van der Waals surface area contributed by atoms with Crippen LogP contribution < -0.4 is 5.73 Å². The molecule has 0 aliphatic carbocycles. The maximum atomic E-state index is 11.0. The Morgan fingerprint density at radius 3 is 2.80 bits per heavy atom. The van der Waals surface area contributed by atoms with Crippen molar-refractivity contribution in [2.75, 3.05) is 0 Å². The number of hydrogen-bond donors (Lipinski definition) is 1. The first-order chi connectivity index (χ1) is 9.60. The minimum atomic E-state index is -0.805. The molecular weight excluding hydrogens is 344 g/mol. The summed E-state index contributed by atoms with van der Waals surface area (Å²) in [6.45, 7) is 0. The second-order valence-corrected chi connectivity index (χ2v) is 5.25. The van der Waals surface area contributed by atoms with Gasteiger partial charge in [0, 0.05) is 18.5 Å². The Bertz CT molecular complexity index is 706. The molecule has 0 fully saturated rings. The van der Waals surface area contributed by atoms with E-state index in [0.717, 1.165) is 0 Å². The van der Waals surface area contributed by atoms with Gasteiger partial charge < -0.3 is 10.2 Å². The van der Waals surface area contributed by atoms with Crippen LogP contribution in [-0.2, 0) is 4.79 Å². The van der Waals surface area contributed by atoms with E-state index in [0.29, 0.717) is 20.5 Å². The van der Waals surface area contributed by atoms with E-state index in [-0.39, 0.29) is 5.57 Å². The van der Waals surface area contributed by atoms with E-state index in [9.17, 15) is 4.79 Å². The van der Waals surface area contributed by atoms with Crippen LogP contribution in [-0.4, -0.2) is 15.9 Å². The fraction of sp³-hybridized carbons (Fsp3) is 0. The average molecular weight is 351 g/mol. The van der Waals surface area contributed by atoms with Gasteiger partial charge in [-0.25, -0.2) is 9.97 Å². The standard InChI is InChI=1S/C12H7BrN4O2S/c13-9-5-8(4-7(6-14)10(15)18)19-11(9)20-12-16-2-1-3-17-12/h1-5H,(H2,15,18)/b7-4+. The fourth-order valence-electron chi connectivity index (χ4n) is 1.23. The molecule has 2 aromatic rings. The van der Waals surface area contributed by atoms with Gasteiger partial charge in [0.05, 0.1) is 4.47 Å². The molecule has 0 radical (unpaired) electrons. The van der Waals surface area contributed by atoms with Crippen LogP contribution in [0.2, 0.25) is 0 Å². The number of nitrogens with two attached hydrogens (primary N) is 1. The Balaban J connectivity index is 2.27. The van der Waals surface area contributed by atoms with Crippen molar-refractivity contribution in [1.82, 2.24) is 9.97 Å². The molecule has 0 aromatic carbocycles. The highest BCUT2D eigenvalue weighted by molar-refractivity contribution is 9.10. The van der Waals surface area contributed by atoms with Crippen molar-refractivity contribution >= 4 is 39.7 Å². The van der Waals surface area contributed by atoms with E-state index in [1.54, 1.807) is 30.6 Å². The highest BCUT2D eigenvalue weighted by atomic mass is 79.9. The Morgan fingerprint density at radius 2 is 2.20 bits per heavy atom. The molecule has 0 aliphatic heterocycles. The van der Waals surface area contributed by atoms with Crippen LogP contribution in [0.15, 0.2) is 49.2 Å². The number of aromatic nitrogens is 2. The smallest absolute Gasteiger partial charge is 0.259 e. The summed E-state index contributed by atoms with van der Waals surface area (Å²) in [5.41, 5.74) is 4.87. The predicted octanol–water partition coefficient (Wildman–Crippen LogP) is 2.38. The van der Waals surface area contributed by atoms with Crippen LogP contribution in [0.25, 0.3) is 6.08 Å². The summed E-state index contributed by atoms with van der Waals surface area (Å²) in [6.07, 6.45) is 4.52. The van der Waals surface area contributed by atoms with Crippen molar-refractivity contribution in [3.63, 3.8) is 0 Å². The highest BCUT2D eigenvalue weighted by Gasteiger charge is 2.12. The summed E-state index contributed by atoms with van der Waals surface area (Å²) in [7, 11) is 0. The van der Waals surface area contributed by atoms with Crippen molar-refractivity contribution in [3.8, 4) is 6.07 Å². The Morgan fingerprint density at radius 1 is 1.50 bits per heavy atom. The molecule has 0 atom stereocenters. The maximum absolute atomic E-state index is 11.0. The van der Waals surface area contributed by atoms with Crippen LogP contribution in [0, 0.1) is 11.3 Å². The van der Waals surface area contributed by atoms with Crippen LogP contribution in [0.1, 0.15) is 5.76 Å². The number of hydrogen-bond acceptors (Lipinski definition) is 6. The Labute approximate surface area is 126 Å². The summed E-state index contributed by atoms with van der Waals surface area (Å²) >= 11 is 4.54. The van der Waals surface area contributed by atoms with Gasteiger partial charge >= 0.3 is 0 Å². The second-order valence-electron chi connectivity index (χ2n) is 3.45. The zero-order valence-corrected chi connectivity index (χ0v) is 12.3. The van der Waals surface area contributed by atoms with Crippen molar-refractivity contribution < 1.29 is 9.21 Å². The molecule has 8 heteroatoms. The van der Waals surface area contributed by atoms with Crippen molar-refractivity contribution in [2.45, 2.75) is 10.2 Å². The topological polar surface area (TPSA) is 106 Å². The highest BCUT2D eigenvalue weighted by Crippen LogP contribution is 2.34. The number of primary amides is 1. The molecule has 20 heavy (non-hydrogen) atoms. The number of carbonyl (C=O) groups excluding carboxylic acids is 1. The second kappa shape index (κ2) is 6.36. The third kappa shape index (κ3) is 3.46. The number of nitriles is 1. The first kappa shape index (κ1) is 14.3. The number of amides is 1. The van der Waals surface area contributed by atoms with E-state index in [4.69, 9.17) is 15.4 Å². The van der Waals surface area contributed by atoms with Gasteiger partial charge in [0.1, 0.15) is 17.4 Å². The molecule has 2 rings (SSSR count).